The highest BCUT2D eigenvalue weighted by atomic mass is 19.3. The number of hydrogen-bond donors (Lipinski definition) is 1. The van der Waals surface area contributed by atoms with Gasteiger partial charge in [0.15, 0.2) is 17.6 Å². The Hall–Kier alpha value is -2.38. The van der Waals surface area contributed by atoms with Gasteiger partial charge in [0.2, 0.25) is 0 Å². The van der Waals surface area contributed by atoms with Crippen LogP contribution in [0.3, 0.4) is 0 Å². The first-order valence-corrected chi connectivity index (χ1v) is 6.20. The third-order valence-electron chi connectivity index (χ3n) is 2.75. The van der Waals surface area contributed by atoms with Crippen LogP contribution in [0.5, 0.6) is 11.5 Å². The number of carbonyl (C=O) groups excluding carboxylic acids is 2. The van der Waals surface area contributed by atoms with Gasteiger partial charge in [0.1, 0.15) is 5.69 Å². The number of esters is 1. The minimum Gasteiger partial charge on any atom is -0.475 e. The number of amides is 1. The van der Waals surface area contributed by atoms with Crippen LogP contribution in [0.2, 0.25) is 0 Å². The lowest BCUT2D eigenvalue weighted by molar-refractivity contribution is -0.122. The van der Waals surface area contributed by atoms with E-state index in [4.69, 9.17) is 9.47 Å². The third-order valence-corrected chi connectivity index (χ3v) is 2.75. The van der Waals surface area contributed by atoms with Crippen molar-refractivity contribution < 1.29 is 32.6 Å². The molecule has 1 amide bonds. The molecule has 0 radical (unpaired) electrons. The number of alkyl halides is 2. The Labute approximate surface area is 119 Å². The maximum absolute atomic E-state index is 12.4. The maximum atomic E-state index is 12.4. The molecule has 0 saturated heterocycles. The molecular formula is C13H13F2NO5. The smallest absolute Gasteiger partial charge is 0.387 e. The van der Waals surface area contributed by atoms with E-state index < -0.39 is 24.6 Å². The van der Waals surface area contributed by atoms with Gasteiger partial charge in [0, 0.05) is 0 Å². The number of hydrogen-bond acceptors (Lipinski definition) is 5. The normalized spacial score (nSPS) is 16.8. The lowest BCUT2D eigenvalue weighted by Crippen LogP contribution is -2.35. The number of carbonyl (C=O) groups is 2. The van der Waals surface area contributed by atoms with Gasteiger partial charge >= 0.3 is 12.6 Å². The average Bonchev–Trinajstić information content (AvgIpc) is 2.40. The van der Waals surface area contributed by atoms with Crippen LogP contribution in [0.1, 0.15) is 24.2 Å². The second-order valence-corrected chi connectivity index (χ2v) is 4.16. The van der Waals surface area contributed by atoms with Crippen molar-refractivity contribution in [2.24, 2.45) is 0 Å². The molecule has 1 aliphatic rings. The van der Waals surface area contributed by atoms with E-state index >= 15 is 0 Å². The largest absolute Gasteiger partial charge is 0.475 e. The summed E-state index contributed by atoms with van der Waals surface area (Å²) in [5.74, 6) is -1.58. The fourth-order valence-corrected chi connectivity index (χ4v) is 1.83. The van der Waals surface area contributed by atoms with Gasteiger partial charge < -0.3 is 19.5 Å². The quantitative estimate of drug-likeness (QED) is 0.863. The highest BCUT2D eigenvalue weighted by Gasteiger charge is 2.31. The van der Waals surface area contributed by atoms with Crippen LogP contribution in [-0.4, -0.2) is 31.2 Å². The van der Waals surface area contributed by atoms with Crippen LogP contribution >= 0.6 is 0 Å². The van der Waals surface area contributed by atoms with Gasteiger partial charge in [-0.25, -0.2) is 4.79 Å². The number of benzene rings is 1. The fraction of sp³-hybridized carbons (Fsp3) is 0.385. The predicted molar refractivity (Wildman–Crippen MR) is 67.8 cm³/mol. The SMILES string of the molecule is CCOC(=O)c1ccc(OC(F)F)c2c1NC(=O)C(C)O2. The van der Waals surface area contributed by atoms with Gasteiger partial charge in [-0.3, -0.25) is 4.79 Å². The third kappa shape index (κ3) is 3.04. The van der Waals surface area contributed by atoms with Crippen molar-refractivity contribution in [3.8, 4) is 11.5 Å². The number of ether oxygens (including phenoxy) is 3. The number of rotatable bonds is 4. The van der Waals surface area contributed by atoms with Crippen LogP contribution < -0.4 is 14.8 Å². The topological polar surface area (TPSA) is 73.9 Å². The van der Waals surface area contributed by atoms with Crippen LogP contribution in [0.25, 0.3) is 0 Å². The zero-order valence-electron chi connectivity index (χ0n) is 11.3. The van der Waals surface area contributed by atoms with E-state index in [1.807, 2.05) is 0 Å². The Bertz CT molecular complexity index is 576. The van der Waals surface area contributed by atoms with Gasteiger partial charge in [-0.1, -0.05) is 0 Å². The van der Waals surface area contributed by atoms with Crippen LogP contribution in [0, 0.1) is 0 Å². The minimum atomic E-state index is -3.06. The molecule has 2 rings (SSSR count). The first-order valence-electron chi connectivity index (χ1n) is 6.20. The van der Waals surface area contributed by atoms with Crippen molar-refractivity contribution >= 4 is 17.6 Å². The maximum Gasteiger partial charge on any atom is 0.387 e. The average molecular weight is 301 g/mol. The molecule has 21 heavy (non-hydrogen) atoms. The highest BCUT2D eigenvalue weighted by Crippen LogP contribution is 2.42. The molecule has 114 valence electrons. The Morgan fingerprint density at radius 1 is 1.48 bits per heavy atom. The first-order chi connectivity index (χ1) is 9.93. The Morgan fingerprint density at radius 2 is 2.19 bits per heavy atom. The highest BCUT2D eigenvalue weighted by molar-refractivity contribution is 6.06. The molecule has 8 heteroatoms. The van der Waals surface area contributed by atoms with Crippen LogP contribution in [0.4, 0.5) is 14.5 Å². The van der Waals surface area contributed by atoms with E-state index in [9.17, 15) is 18.4 Å². The molecule has 0 aromatic heterocycles. The summed E-state index contributed by atoms with van der Waals surface area (Å²) in [5, 5.41) is 2.44. The monoisotopic (exact) mass is 301 g/mol. The molecular weight excluding hydrogens is 288 g/mol. The molecule has 0 fully saturated rings. The first kappa shape index (κ1) is 15.0. The molecule has 1 heterocycles. The molecule has 6 nitrogen and oxygen atoms in total. The van der Waals surface area contributed by atoms with Crippen molar-refractivity contribution in [2.75, 3.05) is 11.9 Å². The van der Waals surface area contributed by atoms with Crippen molar-refractivity contribution in [3.63, 3.8) is 0 Å². The Kier molecular flexibility index (Phi) is 4.25. The molecule has 0 bridgehead atoms. The fourth-order valence-electron chi connectivity index (χ4n) is 1.83. The summed E-state index contributed by atoms with van der Waals surface area (Å²) < 4.78 is 39.2. The summed E-state index contributed by atoms with van der Waals surface area (Å²) in [7, 11) is 0. The van der Waals surface area contributed by atoms with Crippen molar-refractivity contribution in [1.29, 1.82) is 0 Å². The number of fused-ring (bicyclic) bond motifs is 1. The lowest BCUT2D eigenvalue weighted by atomic mass is 10.1. The number of halogens is 2. The second kappa shape index (κ2) is 5.94. The Morgan fingerprint density at radius 3 is 2.81 bits per heavy atom. The minimum absolute atomic E-state index is 0.00807. The molecule has 1 atom stereocenters. The van der Waals surface area contributed by atoms with Crippen LogP contribution in [-0.2, 0) is 9.53 Å². The summed E-state index contributed by atoms with van der Waals surface area (Å²) in [6.07, 6.45) is -0.894. The zero-order chi connectivity index (χ0) is 15.6. The molecule has 1 N–H and O–H groups in total. The zero-order valence-corrected chi connectivity index (χ0v) is 11.3. The summed E-state index contributed by atoms with van der Waals surface area (Å²) >= 11 is 0. The summed E-state index contributed by atoms with van der Waals surface area (Å²) in [6, 6.07) is 2.40. The van der Waals surface area contributed by atoms with E-state index in [1.165, 1.54) is 19.1 Å². The number of anilines is 1. The van der Waals surface area contributed by atoms with E-state index in [1.54, 1.807) is 6.92 Å². The molecule has 1 unspecified atom stereocenters. The molecule has 0 spiro atoms. The van der Waals surface area contributed by atoms with Gasteiger partial charge in [-0.05, 0) is 26.0 Å². The van der Waals surface area contributed by atoms with Crippen LogP contribution in [0.15, 0.2) is 12.1 Å². The van der Waals surface area contributed by atoms with E-state index in [0.717, 1.165) is 0 Å². The second-order valence-electron chi connectivity index (χ2n) is 4.16. The van der Waals surface area contributed by atoms with Gasteiger partial charge in [0.05, 0.1) is 12.2 Å². The van der Waals surface area contributed by atoms with E-state index in [2.05, 4.69) is 10.1 Å². The summed E-state index contributed by atoms with van der Waals surface area (Å²) in [4.78, 5) is 23.5. The van der Waals surface area contributed by atoms with Gasteiger partial charge in [-0.2, -0.15) is 8.78 Å². The molecule has 1 aliphatic heterocycles. The van der Waals surface area contributed by atoms with Crippen molar-refractivity contribution in [1.82, 2.24) is 0 Å². The van der Waals surface area contributed by atoms with E-state index in [-0.39, 0.29) is 29.4 Å². The van der Waals surface area contributed by atoms with Crippen molar-refractivity contribution in [2.45, 2.75) is 26.6 Å². The Balaban J connectivity index is 2.49. The summed E-state index contributed by atoms with van der Waals surface area (Å²) in [6.45, 7) is 0.143. The van der Waals surface area contributed by atoms with Crippen molar-refractivity contribution in [3.05, 3.63) is 17.7 Å². The molecule has 0 saturated carbocycles. The van der Waals surface area contributed by atoms with Gasteiger partial charge in [-0.15, -0.1) is 0 Å². The predicted octanol–water partition coefficient (Wildman–Crippen LogP) is 2.18. The molecule has 1 aromatic rings. The summed E-state index contributed by atoms with van der Waals surface area (Å²) in [5.41, 5.74) is -0.0246. The lowest BCUT2D eigenvalue weighted by Gasteiger charge is -2.26. The standard InChI is InChI=1S/C13H13F2NO5/c1-3-19-12(18)7-4-5-8(21-13(14)15)10-9(7)16-11(17)6(2)20-10/h4-6,13H,3H2,1-2H3,(H,16,17). The van der Waals surface area contributed by atoms with Gasteiger partial charge in [0.25, 0.3) is 5.91 Å². The number of nitrogens with one attached hydrogen (secondary N) is 1. The molecule has 1 aromatic carbocycles. The van der Waals surface area contributed by atoms with E-state index in [0.29, 0.717) is 0 Å². The molecule has 0 aliphatic carbocycles.